The van der Waals surface area contributed by atoms with Crippen molar-refractivity contribution in [1.82, 2.24) is 0 Å². The van der Waals surface area contributed by atoms with Crippen molar-refractivity contribution >= 4 is 44.1 Å². The summed E-state index contributed by atoms with van der Waals surface area (Å²) < 4.78 is 5.15. The van der Waals surface area contributed by atoms with Gasteiger partial charge in [0.05, 0.1) is 4.48 Å². The molecule has 0 radical (unpaired) electrons. The van der Waals surface area contributed by atoms with Gasteiger partial charge in [0.25, 0.3) is 0 Å². The molecule has 0 aliphatic carbocycles. The van der Waals surface area contributed by atoms with Crippen LogP contribution in [0.25, 0.3) is 0 Å². The molecule has 3 nitrogen and oxygen atoms in total. The van der Waals surface area contributed by atoms with E-state index in [1.807, 2.05) is 0 Å². The topological polar surface area (TPSA) is 43.4 Å². The third kappa shape index (κ3) is 7.93. The van der Waals surface area contributed by atoms with Crippen LogP contribution in [-0.2, 0) is 14.3 Å². The lowest BCUT2D eigenvalue weighted by atomic mass is 10.4. The molecular formula is C8H8Br2O3. The Bertz CT molecular complexity index is 246. The summed E-state index contributed by atoms with van der Waals surface area (Å²) in [6.07, 6.45) is 5.40. The molecule has 0 rings (SSSR count). The van der Waals surface area contributed by atoms with Gasteiger partial charge in [0.15, 0.2) is 11.3 Å². The number of carbonyl (C=O) groups excluding carboxylic acids is 2. The Hall–Kier alpha value is -0.420. The predicted octanol–water partition coefficient (Wildman–Crippen LogP) is 2.30. The van der Waals surface area contributed by atoms with Gasteiger partial charge in [-0.15, -0.1) is 0 Å². The number of ether oxygens (including phenoxy) is 1. The van der Waals surface area contributed by atoms with Gasteiger partial charge in [0.1, 0.15) is 0 Å². The van der Waals surface area contributed by atoms with Crippen LogP contribution in [0.3, 0.4) is 0 Å². The SMILES string of the molecule is CC(=O)OC(Br)/C=C/C=C(\Br)C=O. The highest BCUT2D eigenvalue weighted by Crippen LogP contribution is 2.05. The van der Waals surface area contributed by atoms with E-state index in [-0.39, 0.29) is 5.97 Å². The standard InChI is InChI=1S/C8H8Br2O3/c1-6(12)13-8(10)4-2-3-7(9)5-11/h2-5,8H,1H3/b4-2+,7-3-. The number of rotatable bonds is 4. The molecule has 0 heterocycles. The molecule has 0 spiro atoms. The Morgan fingerprint density at radius 1 is 1.54 bits per heavy atom. The number of carbonyl (C=O) groups is 2. The van der Waals surface area contributed by atoms with E-state index in [0.717, 1.165) is 0 Å². The molecule has 1 atom stereocenters. The Morgan fingerprint density at radius 3 is 2.62 bits per heavy atom. The summed E-state index contributed by atoms with van der Waals surface area (Å²) in [5, 5.41) is -0.465. The Morgan fingerprint density at radius 2 is 2.15 bits per heavy atom. The summed E-state index contributed by atoms with van der Waals surface area (Å²) in [5.41, 5.74) is 0. The summed E-state index contributed by atoms with van der Waals surface area (Å²) in [7, 11) is 0. The molecule has 0 N–H and O–H groups in total. The van der Waals surface area contributed by atoms with Crippen molar-refractivity contribution in [2.45, 2.75) is 11.9 Å². The maximum Gasteiger partial charge on any atom is 0.304 e. The second kappa shape index (κ2) is 7.03. The lowest BCUT2D eigenvalue weighted by molar-refractivity contribution is -0.140. The number of allylic oxidation sites excluding steroid dienone is 3. The molecule has 0 saturated carbocycles. The molecule has 5 heteroatoms. The molecular weight excluding hydrogens is 304 g/mol. The summed E-state index contributed by atoms with van der Waals surface area (Å²) in [6.45, 7) is 1.32. The normalized spacial score (nSPS) is 14.2. The molecule has 72 valence electrons. The average molecular weight is 312 g/mol. The average Bonchev–Trinajstić information content (AvgIpc) is 2.02. The molecule has 0 fully saturated rings. The van der Waals surface area contributed by atoms with Gasteiger partial charge in [-0.25, -0.2) is 0 Å². The van der Waals surface area contributed by atoms with Gasteiger partial charge in [-0.2, -0.15) is 0 Å². The van der Waals surface area contributed by atoms with E-state index < -0.39 is 5.01 Å². The first-order chi connectivity index (χ1) is 6.06. The lowest BCUT2D eigenvalue weighted by Gasteiger charge is -2.02. The van der Waals surface area contributed by atoms with Crippen LogP contribution in [0.15, 0.2) is 22.7 Å². The molecule has 1 unspecified atom stereocenters. The van der Waals surface area contributed by atoms with E-state index in [4.69, 9.17) is 4.74 Å². The largest absolute Gasteiger partial charge is 0.447 e. The highest BCUT2D eigenvalue weighted by atomic mass is 79.9. The molecule has 0 aliphatic rings. The van der Waals surface area contributed by atoms with Crippen molar-refractivity contribution in [3.8, 4) is 0 Å². The number of aldehydes is 1. The fraction of sp³-hybridized carbons (Fsp3) is 0.250. The first-order valence-electron chi connectivity index (χ1n) is 3.36. The minimum Gasteiger partial charge on any atom is -0.447 e. The number of hydrogen-bond donors (Lipinski definition) is 0. The molecule has 0 aliphatic heterocycles. The van der Waals surface area contributed by atoms with Crippen LogP contribution in [-0.4, -0.2) is 17.3 Å². The summed E-state index contributed by atoms with van der Waals surface area (Å²) >= 11 is 6.08. The number of hydrogen-bond acceptors (Lipinski definition) is 3. The zero-order valence-electron chi connectivity index (χ0n) is 6.87. The molecule has 0 aromatic carbocycles. The minimum absolute atomic E-state index is 0.370. The van der Waals surface area contributed by atoms with Crippen molar-refractivity contribution in [3.63, 3.8) is 0 Å². The zero-order chi connectivity index (χ0) is 10.3. The number of esters is 1. The fourth-order valence-corrected chi connectivity index (χ4v) is 1.06. The first kappa shape index (κ1) is 12.6. The third-order valence-corrected chi connectivity index (χ3v) is 1.85. The molecule has 0 amide bonds. The van der Waals surface area contributed by atoms with Crippen LogP contribution < -0.4 is 0 Å². The Balaban J connectivity index is 3.97. The summed E-state index contributed by atoms with van der Waals surface area (Å²) in [5.74, 6) is -0.370. The van der Waals surface area contributed by atoms with Gasteiger partial charge in [-0.05, 0) is 44.0 Å². The predicted molar refractivity (Wildman–Crippen MR) is 56.7 cm³/mol. The van der Waals surface area contributed by atoms with E-state index in [0.29, 0.717) is 10.8 Å². The molecule has 0 saturated heterocycles. The smallest absolute Gasteiger partial charge is 0.304 e. The van der Waals surface area contributed by atoms with Crippen molar-refractivity contribution in [2.24, 2.45) is 0 Å². The van der Waals surface area contributed by atoms with Crippen LogP contribution in [0.5, 0.6) is 0 Å². The first-order valence-corrected chi connectivity index (χ1v) is 5.07. The molecule has 13 heavy (non-hydrogen) atoms. The monoisotopic (exact) mass is 310 g/mol. The number of alkyl halides is 1. The van der Waals surface area contributed by atoms with Gasteiger partial charge < -0.3 is 4.74 Å². The molecule has 0 aromatic heterocycles. The van der Waals surface area contributed by atoms with Crippen LogP contribution >= 0.6 is 31.9 Å². The van der Waals surface area contributed by atoms with E-state index in [9.17, 15) is 9.59 Å². The van der Waals surface area contributed by atoms with E-state index in [1.165, 1.54) is 6.92 Å². The van der Waals surface area contributed by atoms with Crippen molar-refractivity contribution in [2.75, 3.05) is 0 Å². The van der Waals surface area contributed by atoms with E-state index in [1.54, 1.807) is 18.2 Å². The fourth-order valence-electron chi connectivity index (χ4n) is 0.472. The zero-order valence-corrected chi connectivity index (χ0v) is 10.0. The minimum atomic E-state index is -0.465. The maximum atomic E-state index is 10.4. The van der Waals surface area contributed by atoms with Crippen molar-refractivity contribution in [1.29, 1.82) is 0 Å². The van der Waals surface area contributed by atoms with E-state index >= 15 is 0 Å². The van der Waals surface area contributed by atoms with Gasteiger partial charge in [0, 0.05) is 6.92 Å². The molecule has 0 bridgehead atoms. The van der Waals surface area contributed by atoms with Crippen molar-refractivity contribution < 1.29 is 14.3 Å². The van der Waals surface area contributed by atoms with Crippen LogP contribution in [0.2, 0.25) is 0 Å². The lowest BCUT2D eigenvalue weighted by Crippen LogP contribution is -2.05. The van der Waals surface area contributed by atoms with Crippen LogP contribution in [0.1, 0.15) is 6.92 Å². The Labute approximate surface area is 93.1 Å². The second-order valence-electron chi connectivity index (χ2n) is 2.01. The van der Waals surface area contributed by atoms with Gasteiger partial charge in [0.2, 0.25) is 0 Å². The molecule has 0 aromatic rings. The maximum absolute atomic E-state index is 10.4. The van der Waals surface area contributed by atoms with Crippen molar-refractivity contribution in [3.05, 3.63) is 22.7 Å². The van der Waals surface area contributed by atoms with E-state index in [2.05, 4.69) is 31.9 Å². The quantitative estimate of drug-likeness (QED) is 0.263. The van der Waals surface area contributed by atoms with Gasteiger partial charge >= 0.3 is 5.97 Å². The highest BCUT2D eigenvalue weighted by Gasteiger charge is 2.00. The van der Waals surface area contributed by atoms with Crippen LogP contribution in [0, 0.1) is 0 Å². The van der Waals surface area contributed by atoms with Gasteiger partial charge in [-0.3, -0.25) is 9.59 Å². The third-order valence-electron chi connectivity index (χ3n) is 0.909. The highest BCUT2D eigenvalue weighted by molar-refractivity contribution is 9.12. The summed E-state index contributed by atoms with van der Waals surface area (Å²) in [4.78, 5) is 20.6. The summed E-state index contributed by atoms with van der Waals surface area (Å²) in [6, 6.07) is 0. The van der Waals surface area contributed by atoms with Crippen LogP contribution in [0.4, 0.5) is 0 Å². The second-order valence-corrected chi connectivity index (χ2v) is 3.83. The number of halogens is 2. The van der Waals surface area contributed by atoms with Gasteiger partial charge in [-0.1, -0.05) is 6.08 Å². The Kier molecular flexibility index (Phi) is 6.80.